The van der Waals surface area contributed by atoms with E-state index in [1.807, 2.05) is 0 Å². The van der Waals surface area contributed by atoms with E-state index in [-0.39, 0.29) is 17.2 Å². The summed E-state index contributed by atoms with van der Waals surface area (Å²) in [6.45, 7) is 0.923. The Morgan fingerprint density at radius 1 is 1.45 bits per heavy atom. The standard InChI is InChI=1S/C14H16FNO4/c1-20-8-10-3-2-6-16(10)13(17)12-7-9(15)4-5-11(12)14(18)19/h4-5,7,10H,2-3,6,8H2,1H3,(H,18,19)/t10-/m1/s1. The van der Waals surface area contributed by atoms with Gasteiger partial charge in [-0.25, -0.2) is 9.18 Å². The Bertz CT molecular complexity index is 532. The molecule has 1 aliphatic rings. The van der Waals surface area contributed by atoms with E-state index < -0.39 is 17.7 Å². The van der Waals surface area contributed by atoms with Gasteiger partial charge in [0.15, 0.2) is 0 Å². The average Bonchev–Trinajstić information content (AvgIpc) is 2.86. The van der Waals surface area contributed by atoms with Crippen LogP contribution in [0.25, 0.3) is 0 Å². The Hall–Kier alpha value is -1.95. The summed E-state index contributed by atoms with van der Waals surface area (Å²) < 4.78 is 18.4. The van der Waals surface area contributed by atoms with E-state index in [0.29, 0.717) is 13.2 Å². The van der Waals surface area contributed by atoms with Crippen LogP contribution in [0, 0.1) is 5.82 Å². The number of ether oxygens (including phenoxy) is 1. The quantitative estimate of drug-likeness (QED) is 0.913. The number of carboxylic acid groups (broad SMARTS) is 1. The predicted octanol–water partition coefficient (Wildman–Crippen LogP) is 1.77. The van der Waals surface area contributed by atoms with Crippen LogP contribution in [-0.2, 0) is 4.74 Å². The second kappa shape index (κ2) is 6.00. The van der Waals surface area contributed by atoms with Gasteiger partial charge in [-0.1, -0.05) is 0 Å². The highest BCUT2D eigenvalue weighted by molar-refractivity contribution is 6.05. The molecular formula is C14H16FNO4. The summed E-state index contributed by atoms with van der Waals surface area (Å²) >= 11 is 0. The third kappa shape index (κ3) is 2.80. The van der Waals surface area contributed by atoms with E-state index in [0.717, 1.165) is 31.0 Å². The molecule has 0 bridgehead atoms. The Labute approximate surface area is 116 Å². The number of carboxylic acids is 1. The van der Waals surface area contributed by atoms with E-state index in [4.69, 9.17) is 9.84 Å². The molecule has 1 fully saturated rings. The first-order chi connectivity index (χ1) is 9.54. The molecule has 1 aromatic carbocycles. The molecule has 1 N–H and O–H groups in total. The van der Waals surface area contributed by atoms with Crippen molar-refractivity contribution < 1.29 is 23.8 Å². The largest absolute Gasteiger partial charge is 0.478 e. The number of aromatic carboxylic acids is 1. The second-order valence-corrected chi connectivity index (χ2v) is 4.74. The van der Waals surface area contributed by atoms with E-state index >= 15 is 0 Å². The van der Waals surface area contributed by atoms with Crippen molar-refractivity contribution in [1.29, 1.82) is 0 Å². The number of methoxy groups -OCH3 is 1. The van der Waals surface area contributed by atoms with Gasteiger partial charge in [-0.2, -0.15) is 0 Å². The van der Waals surface area contributed by atoms with E-state index in [1.165, 1.54) is 0 Å². The predicted molar refractivity (Wildman–Crippen MR) is 69.3 cm³/mol. The molecule has 1 atom stereocenters. The topological polar surface area (TPSA) is 66.8 Å². The lowest BCUT2D eigenvalue weighted by molar-refractivity contribution is 0.0611. The molecule has 0 radical (unpaired) electrons. The molecule has 1 aliphatic heterocycles. The van der Waals surface area contributed by atoms with E-state index in [2.05, 4.69) is 0 Å². The zero-order chi connectivity index (χ0) is 14.7. The molecule has 1 heterocycles. The van der Waals surface area contributed by atoms with Crippen molar-refractivity contribution in [3.05, 3.63) is 35.1 Å². The van der Waals surface area contributed by atoms with Crippen LogP contribution in [0.4, 0.5) is 4.39 Å². The average molecular weight is 281 g/mol. The number of nitrogens with zero attached hydrogens (tertiary/aromatic N) is 1. The minimum absolute atomic E-state index is 0.0857. The van der Waals surface area contributed by atoms with Crippen LogP contribution in [-0.4, -0.2) is 48.2 Å². The van der Waals surface area contributed by atoms with Crippen LogP contribution < -0.4 is 0 Å². The van der Waals surface area contributed by atoms with Gasteiger partial charge in [-0.05, 0) is 31.0 Å². The summed E-state index contributed by atoms with van der Waals surface area (Å²) in [5, 5.41) is 9.10. The van der Waals surface area contributed by atoms with E-state index in [1.54, 1.807) is 12.0 Å². The molecule has 108 valence electrons. The van der Waals surface area contributed by atoms with E-state index in [9.17, 15) is 14.0 Å². The molecule has 0 unspecified atom stereocenters. The summed E-state index contributed by atoms with van der Waals surface area (Å²) in [5.74, 6) is -2.32. The summed E-state index contributed by atoms with van der Waals surface area (Å²) in [4.78, 5) is 25.2. The van der Waals surface area contributed by atoms with Gasteiger partial charge in [0.05, 0.1) is 23.8 Å². The van der Waals surface area contributed by atoms with Crippen molar-refractivity contribution in [2.24, 2.45) is 0 Å². The van der Waals surface area contributed by atoms with Crippen LogP contribution in [0.5, 0.6) is 0 Å². The van der Waals surface area contributed by atoms with Crippen LogP contribution in [0.2, 0.25) is 0 Å². The molecule has 0 spiro atoms. The Morgan fingerprint density at radius 3 is 2.85 bits per heavy atom. The highest BCUT2D eigenvalue weighted by Gasteiger charge is 2.31. The first-order valence-corrected chi connectivity index (χ1v) is 6.37. The van der Waals surface area contributed by atoms with Gasteiger partial charge < -0.3 is 14.7 Å². The number of carbonyl (C=O) groups is 2. The van der Waals surface area contributed by atoms with Gasteiger partial charge in [0.25, 0.3) is 5.91 Å². The van der Waals surface area contributed by atoms with Crippen LogP contribution in [0.3, 0.4) is 0 Å². The summed E-state index contributed by atoms with van der Waals surface area (Å²) in [6.07, 6.45) is 1.63. The van der Waals surface area contributed by atoms with Crippen molar-refractivity contribution in [1.82, 2.24) is 4.90 Å². The molecule has 1 amide bonds. The minimum Gasteiger partial charge on any atom is -0.478 e. The van der Waals surface area contributed by atoms with Crippen LogP contribution in [0.1, 0.15) is 33.6 Å². The third-order valence-electron chi connectivity index (χ3n) is 3.44. The van der Waals surface area contributed by atoms with Gasteiger partial charge in [-0.3, -0.25) is 4.79 Å². The number of hydrogen-bond acceptors (Lipinski definition) is 3. The van der Waals surface area contributed by atoms with Crippen molar-refractivity contribution in [2.75, 3.05) is 20.3 Å². The second-order valence-electron chi connectivity index (χ2n) is 4.74. The molecule has 1 saturated heterocycles. The monoisotopic (exact) mass is 281 g/mol. The molecule has 0 saturated carbocycles. The lowest BCUT2D eigenvalue weighted by Gasteiger charge is -2.24. The fourth-order valence-corrected chi connectivity index (χ4v) is 2.50. The van der Waals surface area contributed by atoms with Crippen molar-refractivity contribution in [3.8, 4) is 0 Å². The molecule has 0 aliphatic carbocycles. The van der Waals surface area contributed by atoms with Crippen molar-refractivity contribution in [3.63, 3.8) is 0 Å². The molecule has 2 rings (SSSR count). The molecule has 1 aromatic rings. The Morgan fingerprint density at radius 2 is 2.20 bits per heavy atom. The maximum absolute atomic E-state index is 13.3. The molecule has 5 nitrogen and oxygen atoms in total. The summed E-state index contributed by atoms with van der Waals surface area (Å²) in [6, 6.07) is 3.05. The lowest BCUT2D eigenvalue weighted by atomic mass is 10.1. The number of amides is 1. The van der Waals surface area contributed by atoms with Crippen LogP contribution in [0.15, 0.2) is 18.2 Å². The van der Waals surface area contributed by atoms with Gasteiger partial charge in [-0.15, -0.1) is 0 Å². The first-order valence-electron chi connectivity index (χ1n) is 6.37. The van der Waals surface area contributed by atoms with Gasteiger partial charge in [0.1, 0.15) is 5.82 Å². The Kier molecular flexibility index (Phi) is 4.34. The van der Waals surface area contributed by atoms with Gasteiger partial charge >= 0.3 is 5.97 Å². The van der Waals surface area contributed by atoms with Crippen molar-refractivity contribution in [2.45, 2.75) is 18.9 Å². The number of carbonyl (C=O) groups excluding carboxylic acids is 1. The van der Waals surface area contributed by atoms with Crippen molar-refractivity contribution >= 4 is 11.9 Å². The SMILES string of the molecule is COC[C@H]1CCCN1C(=O)c1cc(F)ccc1C(=O)O. The number of benzene rings is 1. The minimum atomic E-state index is -1.24. The maximum atomic E-state index is 13.3. The fraction of sp³-hybridized carbons (Fsp3) is 0.429. The molecule has 20 heavy (non-hydrogen) atoms. The molecular weight excluding hydrogens is 265 g/mol. The lowest BCUT2D eigenvalue weighted by Crippen LogP contribution is -2.38. The smallest absolute Gasteiger partial charge is 0.336 e. The highest BCUT2D eigenvalue weighted by Crippen LogP contribution is 2.22. The summed E-state index contributed by atoms with van der Waals surface area (Å²) in [5.41, 5.74) is -0.292. The fourth-order valence-electron chi connectivity index (χ4n) is 2.50. The summed E-state index contributed by atoms with van der Waals surface area (Å²) in [7, 11) is 1.55. The highest BCUT2D eigenvalue weighted by atomic mass is 19.1. The van der Waals surface area contributed by atoms with Gasteiger partial charge in [0, 0.05) is 13.7 Å². The molecule has 0 aromatic heterocycles. The zero-order valence-electron chi connectivity index (χ0n) is 11.1. The number of halogens is 1. The molecule has 6 heteroatoms. The Balaban J connectivity index is 2.33. The third-order valence-corrected chi connectivity index (χ3v) is 3.44. The van der Waals surface area contributed by atoms with Gasteiger partial charge in [0.2, 0.25) is 0 Å². The first kappa shape index (κ1) is 14.5. The number of likely N-dealkylation sites (tertiary alicyclic amines) is 1. The number of rotatable bonds is 4. The normalized spacial score (nSPS) is 18.3. The van der Waals surface area contributed by atoms with Crippen LogP contribution >= 0.6 is 0 Å². The number of hydrogen-bond donors (Lipinski definition) is 1. The zero-order valence-corrected chi connectivity index (χ0v) is 11.1. The maximum Gasteiger partial charge on any atom is 0.336 e.